The summed E-state index contributed by atoms with van der Waals surface area (Å²) in [7, 11) is 0. The van der Waals surface area contributed by atoms with Gasteiger partial charge in [-0.15, -0.1) is 23.5 Å². The Morgan fingerprint density at radius 2 is 0.880 bits per heavy atom. The summed E-state index contributed by atoms with van der Waals surface area (Å²) in [5.74, 6) is -15.4. The fraction of sp³-hybridized carbons (Fsp3) is 0.258. The van der Waals surface area contributed by atoms with Gasteiger partial charge in [-0.3, -0.25) is 57.7 Å². The molecular formula is C62H52N6Na2O28S2. The van der Waals surface area contributed by atoms with E-state index in [-0.39, 0.29) is 151 Å². The molecule has 0 spiro atoms. The Labute approximate surface area is 613 Å². The number of hydrogen-bond acceptors (Lipinski definition) is 28. The number of thioether (sulfide) groups is 2. The second-order valence-electron chi connectivity index (χ2n) is 21.5. The molecule has 0 bridgehead atoms. The maximum absolute atomic E-state index is 13.8. The fourth-order valence-electron chi connectivity index (χ4n) is 10.4. The Hall–Kier alpha value is -10.1. The fourth-order valence-corrected chi connectivity index (χ4v) is 13.1. The molecule has 2 unspecified atom stereocenters. The zero-order chi connectivity index (χ0) is 71.5. The maximum Gasteiger partial charge on any atom is 1.00 e. The summed E-state index contributed by atoms with van der Waals surface area (Å²) < 4.78 is 31.1. The first-order chi connectivity index (χ1) is 46.3. The molecule has 6 aromatic rings. The van der Waals surface area contributed by atoms with Crippen LogP contribution in [0.5, 0.6) is 34.5 Å². The summed E-state index contributed by atoms with van der Waals surface area (Å²) in [6.45, 7) is 2.77. The van der Waals surface area contributed by atoms with Crippen LogP contribution in [0, 0.1) is 13.8 Å². The zero-order valence-corrected chi connectivity index (χ0v) is 58.6. The average Bonchev–Trinajstić information content (AvgIpc) is 0.739. The molecule has 2 aromatic heterocycles. The molecule has 10 N–H and O–H groups in total. The van der Waals surface area contributed by atoms with Crippen LogP contribution in [0.2, 0.25) is 0 Å². The van der Waals surface area contributed by atoms with Gasteiger partial charge in [-0.25, -0.2) is 9.59 Å². The molecule has 100 heavy (non-hydrogen) atoms. The van der Waals surface area contributed by atoms with Crippen molar-refractivity contribution in [2.24, 2.45) is 0 Å². The number of esters is 2. The van der Waals surface area contributed by atoms with Crippen LogP contribution < -0.4 is 111 Å². The average molecular weight is 1440 g/mol. The van der Waals surface area contributed by atoms with Crippen molar-refractivity contribution in [3.63, 3.8) is 0 Å². The van der Waals surface area contributed by atoms with E-state index in [0.29, 0.717) is 0 Å². The van der Waals surface area contributed by atoms with Gasteiger partial charge in [0.15, 0.2) is 36.2 Å². The smallest absolute Gasteiger partial charge is 0.543 e. The number of β-lactam (4-membered cyclic amide) rings is 2. The maximum atomic E-state index is 13.8. The number of amides is 6. The van der Waals surface area contributed by atoms with Gasteiger partial charge >= 0.3 is 83.0 Å². The number of aryl methyl sites for hydroxylation is 2. The third kappa shape index (κ3) is 16.6. The number of ether oxygens (including phenoxy) is 4. The molecule has 10 rings (SSSR count). The van der Waals surface area contributed by atoms with Crippen LogP contribution in [0.3, 0.4) is 0 Å². The molecule has 512 valence electrons. The molecular weight excluding hydrogens is 1390 g/mol. The van der Waals surface area contributed by atoms with Crippen molar-refractivity contribution in [2.75, 3.05) is 37.9 Å². The molecule has 6 atom stereocenters. The number of hydrogen-bond donors (Lipinski definition) is 10. The second-order valence-corrected chi connectivity index (χ2v) is 23.8. The number of aliphatic carboxylic acids is 4. The number of nitrogens with one attached hydrogen (secondary N) is 4. The van der Waals surface area contributed by atoms with E-state index in [1.165, 1.54) is 62.4 Å². The van der Waals surface area contributed by atoms with E-state index in [9.17, 15) is 97.8 Å². The molecule has 4 aromatic carbocycles. The Morgan fingerprint density at radius 3 is 1.19 bits per heavy atom. The second kappa shape index (κ2) is 32.3. The molecule has 4 aliphatic rings. The van der Waals surface area contributed by atoms with E-state index in [4.69, 9.17) is 38.0 Å². The summed E-state index contributed by atoms with van der Waals surface area (Å²) in [5, 5.41) is 88.7. The van der Waals surface area contributed by atoms with Crippen LogP contribution in [0.25, 0.3) is 21.9 Å². The number of carboxylic acid groups (broad SMARTS) is 4. The van der Waals surface area contributed by atoms with E-state index in [1.54, 1.807) is 0 Å². The van der Waals surface area contributed by atoms with Gasteiger partial charge < -0.3 is 99.5 Å². The topological polar surface area (TPSA) is 524 Å². The number of carbonyl (C=O) groups is 12. The number of fused-ring (bicyclic) bond motifs is 4. The van der Waals surface area contributed by atoms with Gasteiger partial charge in [0.05, 0.1) is 34.1 Å². The molecule has 34 nitrogen and oxygen atoms in total. The number of benzene rings is 4. The predicted octanol–water partition coefficient (Wildman–Crippen LogP) is -7.16. The molecule has 38 heteroatoms. The van der Waals surface area contributed by atoms with Crippen molar-refractivity contribution in [3.05, 3.63) is 150 Å². The number of rotatable bonds is 22. The third-order valence-electron chi connectivity index (χ3n) is 15.0. The first-order valence-electron chi connectivity index (χ1n) is 28.5. The largest absolute Gasteiger partial charge is 1.00 e. The third-order valence-corrected chi connectivity index (χ3v) is 17.7. The standard InChI is InChI=1S/2C31H27N3O14S.2Na/c2*1-12-22(26(40)17-7-18(36)19(37)8-20(17)48-12)27(41)32-23(14-3-5-16(6-4-14)47-10-21(38)39)28(42)33-24-29(43)34-25(31(44)45)15(9-46-13(2)35)11-49-30(24)34;;/h2*3-8,23-24,30,36-37H,9-11H2,1-2H3,(H,32,41)(H,33,42)(H,38,39)(H,44,45);;/q;;2*+1/p-2/t2*23?,24-,30-;;/m11../s1. The predicted molar refractivity (Wildman–Crippen MR) is 328 cm³/mol. The van der Waals surface area contributed by atoms with Crippen LogP contribution in [0.4, 0.5) is 0 Å². The first-order valence-corrected chi connectivity index (χ1v) is 30.6. The van der Waals surface area contributed by atoms with Gasteiger partial charge in [0.2, 0.25) is 22.7 Å². The van der Waals surface area contributed by atoms with E-state index in [2.05, 4.69) is 21.3 Å². The number of aromatic hydroxyl groups is 4. The zero-order valence-electron chi connectivity index (χ0n) is 53.0. The summed E-state index contributed by atoms with van der Waals surface area (Å²) >= 11 is 2.18. The normalized spacial score (nSPS) is 17.1. The van der Waals surface area contributed by atoms with Gasteiger partial charge in [-0.2, -0.15) is 0 Å². The molecule has 6 amide bonds. The van der Waals surface area contributed by atoms with Crippen LogP contribution in [0.1, 0.15) is 69.3 Å². The van der Waals surface area contributed by atoms with E-state index in [1.807, 2.05) is 0 Å². The van der Waals surface area contributed by atoms with Crippen molar-refractivity contribution < 1.29 is 185 Å². The van der Waals surface area contributed by atoms with Crippen LogP contribution in [0.15, 0.2) is 114 Å². The van der Waals surface area contributed by atoms with Crippen LogP contribution in [-0.2, 0) is 57.4 Å². The Morgan fingerprint density at radius 1 is 0.550 bits per heavy atom. The number of carboxylic acids is 4. The SMILES string of the molecule is CC(=O)OCC1=C(C(=O)[O-])N2C(=O)[C@@H](NC(=O)C(NC(=O)c3c(C)oc4cc(O)c(O)cc4c3=O)c3ccc(OCC(=O)O)cc3)[C@H]2SC1.CC(=O)OCC1=C(C(=O)[O-])N2C(=O)[C@@H](NC(=O)C(NC(=O)c3c(C)oc4cc(O)c(O)cc4c3=O)c3ccc(OCC(=O)O)cc3)[C@H]2SC1.[Na+].[Na+]. The minimum atomic E-state index is -1.69. The minimum absolute atomic E-state index is 0. The molecule has 4 aliphatic heterocycles. The Kier molecular flexibility index (Phi) is 24.9. The van der Waals surface area contributed by atoms with Gasteiger partial charge in [0.25, 0.3) is 23.6 Å². The first kappa shape index (κ1) is 77.3. The van der Waals surface area contributed by atoms with Crippen LogP contribution in [-0.4, -0.2) is 172 Å². The summed E-state index contributed by atoms with van der Waals surface area (Å²) in [6.07, 6.45) is 0. The van der Waals surface area contributed by atoms with Gasteiger partial charge in [0.1, 0.15) is 93.4 Å². The van der Waals surface area contributed by atoms with Crippen molar-refractivity contribution in [1.82, 2.24) is 31.1 Å². The Bertz CT molecular complexity index is 4310. The van der Waals surface area contributed by atoms with Crippen LogP contribution >= 0.6 is 23.5 Å². The molecule has 0 radical (unpaired) electrons. The quantitative estimate of drug-likeness (QED) is 0.0131. The molecule has 0 aliphatic carbocycles. The monoisotopic (exact) mass is 1440 g/mol. The molecule has 2 saturated heterocycles. The van der Waals surface area contributed by atoms with E-state index >= 15 is 0 Å². The number of nitrogens with zero attached hydrogens (tertiary/aromatic N) is 2. The van der Waals surface area contributed by atoms with Crippen molar-refractivity contribution >= 4 is 117 Å². The number of phenols is 4. The molecule has 2 fully saturated rings. The molecule has 0 saturated carbocycles. The van der Waals surface area contributed by atoms with E-state index < -0.39 is 176 Å². The van der Waals surface area contributed by atoms with Crippen molar-refractivity contribution in [3.8, 4) is 34.5 Å². The number of carbonyl (C=O) groups excluding carboxylic acids is 10. The summed E-state index contributed by atoms with van der Waals surface area (Å²) in [4.78, 5) is 178. The van der Waals surface area contributed by atoms with Gasteiger partial charge in [0, 0.05) is 48.6 Å². The number of phenolic OH excluding ortho intramolecular Hbond substituents is 4. The minimum Gasteiger partial charge on any atom is -0.543 e. The summed E-state index contributed by atoms with van der Waals surface area (Å²) in [5.41, 5.74) is -3.61. The van der Waals surface area contributed by atoms with Gasteiger partial charge in [-0.1, -0.05) is 24.3 Å². The van der Waals surface area contributed by atoms with Gasteiger partial charge in [-0.05, 0) is 61.4 Å². The van der Waals surface area contributed by atoms with Crippen molar-refractivity contribution in [1.29, 1.82) is 0 Å². The molecule has 6 heterocycles. The van der Waals surface area contributed by atoms with Crippen molar-refractivity contribution in [2.45, 2.75) is 62.6 Å². The van der Waals surface area contributed by atoms with E-state index in [0.717, 1.165) is 71.4 Å². The Balaban J connectivity index is 0.000000275. The summed E-state index contributed by atoms with van der Waals surface area (Å²) in [6, 6.07) is 8.74.